The average molecular weight is 358 g/mol. The van der Waals surface area contributed by atoms with E-state index in [1.165, 1.54) is 5.69 Å². The average Bonchev–Trinajstić information content (AvgIpc) is 3.20. The smallest absolute Gasteiger partial charge is 0.222 e. The van der Waals surface area contributed by atoms with E-state index < -0.39 is 0 Å². The van der Waals surface area contributed by atoms with Crippen LogP contribution in [0.2, 0.25) is 0 Å². The molecule has 1 N–H and O–H groups in total. The standard InChI is InChI=1S/C19H30N6O/c1-15(2)12-23-6-4-7-25-18(13-23)10-17(22-25)11-21-19(26)9-16(3)24-8-5-20-14-24/h5,8,10,14-16H,4,6-7,9,11-13H2,1-3H3,(H,21,26). The first kappa shape index (κ1) is 18.6. The third-order valence-electron chi connectivity index (χ3n) is 4.75. The maximum Gasteiger partial charge on any atom is 0.222 e. The van der Waals surface area contributed by atoms with Gasteiger partial charge in [-0.15, -0.1) is 0 Å². The summed E-state index contributed by atoms with van der Waals surface area (Å²) in [6, 6.07) is 2.24. The molecule has 3 rings (SSSR count). The van der Waals surface area contributed by atoms with Crippen molar-refractivity contribution in [2.75, 3.05) is 13.1 Å². The molecule has 142 valence electrons. The highest BCUT2D eigenvalue weighted by Gasteiger charge is 2.18. The van der Waals surface area contributed by atoms with E-state index in [1.54, 1.807) is 12.5 Å². The Morgan fingerprint density at radius 1 is 1.31 bits per heavy atom. The number of imidazole rings is 1. The van der Waals surface area contributed by atoms with E-state index in [4.69, 9.17) is 0 Å². The number of nitrogens with zero attached hydrogens (tertiary/aromatic N) is 5. The largest absolute Gasteiger partial charge is 0.350 e. The van der Waals surface area contributed by atoms with Crippen LogP contribution in [0.3, 0.4) is 0 Å². The van der Waals surface area contributed by atoms with Gasteiger partial charge in [-0.1, -0.05) is 13.8 Å². The van der Waals surface area contributed by atoms with Crippen molar-refractivity contribution in [3.63, 3.8) is 0 Å². The molecule has 1 unspecified atom stereocenters. The summed E-state index contributed by atoms with van der Waals surface area (Å²) in [5, 5.41) is 7.68. The first-order valence-corrected chi connectivity index (χ1v) is 9.53. The lowest BCUT2D eigenvalue weighted by Crippen LogP contribution is -2.27. The van der Waals surface area contributed by atoms with Gasteiger partial charge in [0.25, 0.3) is 0 Å². The summed E-state index contributed by atoms with van der Waals surface area (Å²) in [5.74, 6) is 0.705. The Balaban J connectivity index is 1.52. The van der Waals surface area contributed by atoms with Crippen LogP contribution < -0.4 is 5.32 Å². The molecule has 2 aromatic rings. The number of aromatic nitrogens is 4. The predicted octanol–water partition coefficient (Wildman–Crippen LogP) is 2.21. The molecule has 3 heterocycles. The highest BCUT2D eigenvalue weighted by molar-refractivity contribution is 5.76. The second-order valence-corrected chi connectivity index (χ2v) is 7.67. The summed E-state index contributed by atoms with van der Waals surface area (Å²) in [7, 11) is 0. The number of rotatable bonds is 7. The number of fused-ring (bicyclic) bond motifs is 1. The number of hydrogen-bond donors (Lipinski definition) is 1. The molecule has 1 amide bonds. The minimum absolute atomic E-state index is 0.0378. The highest BCUT2D eigenvalue weighted by atomic mass is 16.1. The van der Waals surface area contributed by atoms with E-state index in [2.05, 4.69) is 44.9 Å². The van der Waals surface area contributed by atoms with E-state index in [1.807, 2.05) is 17.7 Å². The first-order valence-electron chi connectivity index (χ1n) is 9.53. The molecule has 0 spiro atoms. The van der Waals surface area contributed by atoms with Crippen LogP contribution in [0.5, 0.6) is 0 Å². The molecule has 7 nitrogen and oxygen atoms in total. The Morgan fingerprint density at radius 2 is 2.15 bits per heavy atom. The summed E-state index contributed by atoms with van der Waals surface area (Å²) in [6.45, 7) is 11.2. The summed E-state index contributed by atoms with van der Waals surface area (Å²) >= 11 is 0. The van der Waals surface area contributed by atoms with Crippen LogP contribution in [0.25, 0.3) is 0 Å². The SMILES string of the molecule is CC(C)CN1CCCn2nc(CNC(=O)CC(C)n3ccnc3)cc2C1. The van der Waals surface area contributed by atoms with Gasteiger partial charge in [0, 0.05) is 51.0 Å². The Labute approximate surface area is 155 Å². The molecule has 1 atom stereocenters. The van der Waals surface area contributed by atoms with Gasteiger partial charge in [0.15, 0.2) is 0 Å². The first-order chi connectivity index (χ1) is 12.5. The molecule has 7 heteroatoms. The Kier molecular flexibility index (Phi) is 6.08. The van der Waals surface area contributed by atoms with Crippen LogP contribution in [0, 0.1) is 5.92 Å². The minimum atomic E-state index is 0.0378. The van der Waals surface area contributed by atoms with Crippen molar-refractivity contribution < 1.29 is 4.79 Å². The van der Waals surface area contributed by atoms with Gasteiger partial charge < -0.3 is 9.88 Å². The van der Waals surface area contributed by atoms with Crippen LogP contribution in [0.4, 0.5) is 0 Å². The van der Waals surface area contributed by atoms with Crippen molar-refractivity contribution in [3.05, 3.63) is 36.2 Å². The van der Waals surface area contributed by atoms with Gasteiger partial charge in [0.05, 0.1) is 24.3 Å². The quantitative estimate of drug-likeness (QED) is 0.824. The fourth-order valence-corrected chi connectivity index (χ4v) is 3.51. The maximum absolute atomic E-state index is 12.2. The summed E-state index contributed by atoms with van der Waals surface area (Å²) in [5.41, 5.74) is 2.19. The van der Waals surface area contributed by atoms with Crippen LogP contribution in [0.15, 0.2) is 24.8 Å². The van der Waals surface area contributed by atoms with Crippen LogP contribution >= 0.6 is 0 Å². The zero-order valence-corrected chi connectivity index (χ0v) is 16.1. The van der Waals surface area contributed by atoms with Gasteiger partial charge in [0.1, 0.15) is 0 Å². The zero-order valence-electron chi connectivity index (χ0n) is 16.1. The summed E-state index contributed by atoms with van der Waals surface area (Å²) < 4.78 is 4.05. The minimum Gasteiger partial charge on any atom is -0.350 e. The molecule has 0 fully saturated rings. The van der Waals surface area contributed by atoms with Gasteiger partial charge in [-0.3, -0.25) is 14.4 Å². The van der Waals surface area contributed by atoms with Crippen molar-refractivity contribution in [1.29, 1.82) is 0 Å². The predicted molar refractivity (Wildman–Crippen MR) is 100 cm³/mol. The second-order valence-electron chi connectivity index (χ2n) is 7.67. The van der Waals surface area contributed by atoms with Gasteiger partial charge >= 0.3 is 0 Å². The van der Waals surface area contributed by atoms with E-state index >= 15 is 0 Å². The number of carbonyl (C=O) groups excluding carboxylic acids is 1. The van der Waals surface area contributed by atoms with Gasteiger partial charge in [0.2, 0.25) is 5.91 Å². The van der Waals surface area contributed by atoms with Crippen molar-refractivity contribution in [1.82, 2.24) is 29.5 Å². The molecule has 1 aliphatic rings. The zero-order chi connectivity index (χ0) is 18.5. The topological polar surface area (TPSA) is 68.0 Å². The molecular formula is C19H30N6O. The monoisotopic (exact) mass is 358 g/mol. The van der Waals surface area contributed by atoms with Gasteiger partial charge in [-0.2, -0.15) is 5.10 Å². The van der Waals surface area contributed by atoms with E-state index in [9.17, 15) is 4.79 Å². The van der Waals surface area contributed by atoms with E-state index in [0.717, 1.165) is 38.3 Å². The summed E-state index contributed by atoms with van der Waals surface area (Å²) in [6.07, 6.45) is 6.91. The molecule has 1 aliphatic heterocycles. The summed E-state index contributed by atoms with van der Waals surface area (Å²) in [4.78, 5) is 18.7. The van der Waals surface area contributed by atoms with Crippen molar-refractivity contribution in [2.24, 2.45) is 5.92 Å². The van der Waals surface area contributed by atoms with Gasteiger partial charge in [-0.05, 0) is 25.3 Å². The fourth-order valence-electron chi connectivity index (χ4n) is 3.51. The van der Waals surface area contributed by atoms with Crippen LogP contribution in [-0.2, 0) is 24.4 Å². The van der Waals surface area contributed by atoms with E-state index in [-0.39, 0.29) is 11.9 Å². The Morgan fingerprint density at radius 3 is 2.88 bits per heavy atom. The number of amides is 1. The van der Waals surface area contributed by atoms with Crippen LogP contribution in [0.1, 0.15) is 51.0 Å². The molecule has 0 saturated heterocycles. The molecular weight excluding hydrogens is 328 g/mol. The third-order valence-corrected chi connectivity index (χ3v) is 4.75. The number of aryl methyl sites for hydroxylation is 1. The molecule has 0 saturated carbocycles. The maximum atomic E-state index is 12.2. The molecule has 0 radical (unpaired) electrons. The lowest BCUT2D eigenvalue weighted by Gasteiger charge is -2.21. The van der Waals surface area contributed by atoms with E-state index in [0.29, 0.717) is 18.9 Å². The molecule has 0 aromatic carbocycles. The van der Waals surface area contributed by atoms with Gasteiger partial charge in [-0.25, -0.2) is 4.98 Å². The Hall–Kier alpha value is -2.15. The molecule has 0 aliphatic carbocycles. The molecule has 0 bridgehead atoms. The lowest BCUT2D eigenvalue weighted by atomic mass is 10.2. The number of carbonyl (C=O) groups is 1. The molecule has 2 aromatic heterocycles. The molecule has 26 heavy (non-hydrogen) atoms. The van der Waals surface area contributed by atoms with Crippen molar-refractivity contribution >= 4 is 5.91 Å². The number of nitrogens with one attached hydrogen (secondary N) is 1. The normalized spacial score (nSPS) is 16.3. The van der Waals surface area contributed by atoms with Crippen molar-refractivity contribution in [3.8, 4) is 0 Å². The lowest BCUT2D eigenvalue weighted by molar-refractivity contribution is -0.121. The number of hydrogen-bond acceptors (Lipinski definition) is 4. The second kappa shape index (κ2) is 8.49. The highest BCUT2D eigenvalue weighted by Crippen LogP contribution is 2.15. The third kappa shape index (κ3) is 4.94. The van der Waals surface area contributed by atoms with Crippen molar-refractivity contribution in [2.45, 2.75) is 59.3 Å². The van der Waals surface area contributed by atoms with Crippen LogP contribution in [-0.4, -0.2) is 43.2 Å². The fraction of sp³-hybridized carbons (Fsp3) is 0.632. The Bertz CT molecular complexity index is 706.